The van der Waals surface area contributed by atoms with Crippen LogP contribution in [-0.4, -0.2) is 62.5 Å². The monoisotopic (exact) mass is 417 g/mol. The van der Waals surface area contributed by atoms with E-state index in [1.807, 2.05) is 0 Å². The molecule has 14 heteroatoms. The van der Waals surface area contributed by atoms with Gasteiger partial charge in [0.1, 0.15) is 0 Å². The van der Waals surface area contributed by atoms with E-state index < -0.39 is 24.1 Å². The fraction of sp³-hybridized carbons (Fsp3) is 0.714. The topological polar surface area (TPSA) is 100 Å². The number of carboxylic acid groups (broad SMARTS) is 1. The molecule has 0 radical (unpaired) electrons. The lowest BCUT2D eigenvalue weighted by molar-refractivity contribution is -0.192. The van der Waals surface area contributed by atoms with Crippen molar-refractivity contribution in [1.82, 2.24) is 25.0 Å². The van der Waals surface area contributed by atoms with Crippen molar-refractivity contribution in [1.29, 1.82) is 0 Å². The number of aliphatic carboxylic acids is 1. The normalized spacial score (nSPS) is 18.1. The van der Waals surface area contributed by atoms with Crippen LogP contribution in [0.5, 0.6) is 0 Å². The molecular weight excluding hydrogens is 400 g/mol. The Morgan fingerprint density at radius 2 is 1.61 bits per heavy atom. The van der Waals surface area contributed by atoms with Crippen LogP contribution < -0.4 is 5.32 Å². The standard InChI is InChI=1S/C12H16F3N5O.C2HF3O2/c13-12(14,15)11-18-17-9-7-19(5-6-20(9)11)10(21)8-1-3-16-4-2-8;3-2(4,5)1(6)7/h8,16H,1-7H2;(H,6,7). The maximum Gasteiger partial charge on any atom is 0.490 e. The maximum atomic E-state index is 12.7. The predicted octanol–water partition coefficient (Wildman–Crippen LogP) is 1.27. The molecule has 0 bridgehead atoms. The van der Waals surface area contributed by atoms with Crippen LogP contribution in [0.2, 0.25) is 0 Å². The van der Waals surface area contributed by atoms with E-state index >= 15 is 0 Å². The summed E-state index contributed by atoms with van der Waals surface area (Å²) in [6.07, 6.45) is -8.04. The Bertz CT molecular complexity index is 711. The highest BCUT2D eigenvalue weighted by atomic mass is 19.4. The molecule has 0 atom stereocenters. The number of halogens is 6. The van der Waals surface area contributed by atoms with E-state index in [0.29, 0.717) is 0 Å². The lowest BCUT2D eigenvalue weighted by Crippen LogP contribution is -2.44. The molecule has 0 spiro atoms. The number of nitrogens with one attached hydrogen (secondary N) is 1. The third kappa shape index (κ3) is 5.33. The summed E-state index contributed by atoms with van der Waals surface area (Å²) >= 11 is 0. The minimum absolute atomic E-state index is 0.0132. The van der Waals surface area contributed by atoms with Crippen LogP contribution in [0.15, 0.2) is 0 Å². The number of fused-ring (bicyclic) bond motifs is 1. The summed E-state index contributed by atoms with van der Waals surface area (Å²) in [7, 11) is 0. The molecule has 1 saturated heterocycles. The van der Waals surface area contributed by atoms with Crippen LogP contribution in [-0.2, 0) is 28.9 Å². The van der Waals surface area contributed by atoms with Crippen LogP contribution in [0.3, 0.4) is 0 Å². The van der Waals surface area contributed by atoms with Crippen LogP contribution in [0, 0.1) is 5.92 Å². The second-order valence-electron chi connectivity index (χ2n) is 6.18. The number of rotatable bonds is 1. The molecule has 158 valence electrons. The minimum Gasteiger partial charge on any atom is -0.475 e. The molecule has 3 rings (SSSR count). The Morgan fingerprint density at radius 3 is 2.11 bits per heavy atom. The second-order valence-corrected chi connectivity index (χ2v) is 6.18. The summed E-state index contributed by atoms with van der Waals surface area (Å²) in [5.41, 5.74) is 0. The Morgan fingerprint density at radius 1 is 1.04 bits per heavy atom. The van der Waals surface area contributed by atoms with Gasteiger partial charge in [-0.2, -0.15) is 26.3 Å². The first-order valence-electron chi connectivity index (χ1n) is 8.20. The van der Waals surface area contributed by atoms with Crippen LogP contribution in [0.1, 0.15) is 24.5 Å². The summed E-state index contributed by atoms with van der Waals surface area (Å²) in [6.45, 7) is 2.08. The van der Waals surface area contributed by atoms with Gasteiger partial charge >= 0.3 is 18.3 Å². The molecule has 2 N–H and O–H groups in total. The molecule has 2 aliphatic heterocycles. The number of nitrogens with zero attached hydrogens (tertiary/aromatic N) is 4. The Balaban J connectivity index is 0.000000345. The Kier molecular flexibility index (Phi) is 6.52. The van der Waals surface area contributed by atoms with E-state index in [0.717, 1.165) is 30.5 Å². The molecule has 0 unspecified atom stereocenters. The average molecular weight is 417 g/mol. The van der Waals surface area contributed by atoms with Gasteiger partial charge in [-0.05, 0) is 25.9 Å². The highest BCUT2D eigenvalue weighted by molar-refractivity contribution is 5.79. The largest absolute Gasteiger partial charge is 0.490 e. The van der Waals surface area contributed by atoms with Crippen molar-refractivity contribution < 1.29 is 41.0 Å². The van der Waals surface area contributed by atoms with Gasteiger partial charge in [-0.15, -0.1) is 10.2 Å². The van der Waals surface area contributed by atoms with Crippen LogP contribution >= 0.6 is 0 Å². The van der Waals surface area contributed by atoms with E-state index in [-0.39, 0.29) is 37.3 Å². The summed E-state index contributed by atoms with van der Waals surface area (Å²) < 4.78 is 71.0. The average Bonchev–Trinajstić information content (AvgIpc) is 3.05. The number of piperidine rings is 1. The predicted molar refractivity (Wildman–Crippen MR) is 79.7 cm³/mol. The van der Waals surface area contributed by atoms with E-state index in [1.165, 1.54) is 0 Å². The lowest BCUT2D eigenvalue weighted by atomic mass is 9.96. The summed E-state index contributed by atoms with van der Waals surface area (Å²) in [6, 6.07) is 0. The maximum absolute atomic E-state index is 12.7. The molecule has 28 heavy (non-hydrogen) atoms. The summed E-state index contributed by atoms with van der Waals surface area (Å²) in [4.78, 5) is 22.9. The fourth-order valence-corrected chi connectivity index (χ4v) is 2.88. The second kappa shape index (κ2) is 8.32. The van der Waals surface area contributed by atoms with Crippen molar-refractivity contribution in [3.05, 3.63) is 11.6 Å². The number of carboxylic acids is 1. The van der Waals surface area contributed by atoms with E-state index in [2.05, 4.69) is 15.5 Å². The highest BCUT2D eigenvalue weighted by Crippen LogP contribution is 2.30. The van der Waals surface area contributed by atoms with Crippen molar-refractivity contribution in [2.75, 3.05) is 19.6 Å². The number of hydrogen-bond donors (Lipinski definition) is 2. The zero-order valence-electron chi connectivity index (χ0n) is 14.3. The van der Waals surface area contributed by atoms with Gasteiger partial charge in [0.05, 0.1) is 6.54 Å². The molecule has 0 aromatic carbocycles. The lowest BCUT2D eigenvalue weighted by Gasteiger charge is -2.32. The van der Waals surface area contributed by atoms with Crippen LogP contribution in [0.4, 0.5) is 26.3 Å². The minimum atomic E-state index is -5.08. The van der Waals surface area contributed by atoms with Gasteiger partial charge in [0.15, 0.2) is 5.82 Å². The SMILES string of the molecule is O=C(C1CCNCC1)N1CCn2c(nnc2C(F)(F)F)C1.O=C(O)C(F)(F)F. The first-order valence-corrected chi connectivity index (χ1v) is 8.20. The molecular formula is C14H17F6N5O3. The number of hydrogen-bond acceptors (Lipinski definition) is 5. The molecule has 0 aliphatic carbocycles. The zero-order valence-corrected chi connectivity index (χ0v) is 14.3. The van der Waals surface area contributed by atoms with Crippen molar-refractivity contribution in [2.24, 2.45) is 5.92 Å². The van der Waals surface area contributed by atoms with E-state index in [1.54, 1.807) is 4.90 Å². The highest BCUT2D eigenvalue weighted by Gasteiger charge is 2.40. The number of amides is 1. The fourth-order valence-electron chi connectivity index (χ4n) is 2.88. The van der Waals surface area contributed by atoms with Gasteiger partial charge < -0.3 is 19.9 Å². The molecule has 2 aliphatic rings. The summed E-state index contributed by atoms with van der Waals surface area (Å²) in [5, 5.41) is 17.1. The van der Waals surface area contributed by atoms with Crippen molar-refractivity contribution in [3.63, 3.8) is 0 Å². The molecule has 1 fully saturated rings. The van der Waals surface area contributed by atoms with Crippen molar-refractivity contribution in [3.8, 4) is 0 Å². The molecule has 0 saturated carbocycles. The first-order chi connectivity index (χ1) is 12.9. The number of carbonyl (C=O) groups excluding carboxylic acids is 1. The number of aromatic nitrogens is 3. The van der Waals surface area contributed by atoms with Gasteiger partial charge in [0, 0.05) is 19.0 Å². The van der Waals surface area contributed by atoms with E-state index in [9.17, 15) is 31.1 Å². The third-order valence-corrected chi connectivity index (χ3v) is 4.25. The molecule has 3 heterocycles. The summed E-state index contributed by atoms with van der Waals surface area (Å²) in [5.74, 6) is -3.56. The van der Waals surface area contributed by atoms with Crippen LogP contribution in [0.25, 0.3) is 0 Å². The van der Waals surface area contributed by atoms with E-state index in [4.69, 9.17) is 9.90 Å². The number of alkyl halides is 6. The molecule has 1 aromatic rings. The Labute approximate surface area is 154 Å². The number of carbonyl (C=O) groups is 2. The Hall–Kier alpha value is -2.38. The quantitative estimate of drug-likeness (QED) is 0.668. The first kappa shape index (κ1) is 21.9. The van der Waals surface area contributed by atoms with Gasteiger partial charge in [-0.3, -0.25) is 4.79 Å². The van der Waals surface area contributed by atoms with Crippen molar-refractivity contribution >= 4 is 11.9 Å². The zero-order chi connectivity index (χ0) is 21.1. The molecule has 1 amide bonds. The van der Waals surface area contributed by atoms with Gasteiger partial charge in [-0.1, -0.05) is 0 Å². The van der Waals surface area contributed by atoms with Gasteiger partial charge in [-0.25, -0.2) is 4.79 Å². The van der Waals surface area contributed by atoms with Gasteiger partial charge in [0.2, 0.25) is 11.7 Å². The van der Waals surface area contributed by atoms with Crippen molar-refractivity contribution in [2.45, 2.75) is 38.3 Å². The van der Waals surface area contributed by atoms with Gasteiger partial charge in [0.25, 0.3) is 0 Å². The molecule has 1 aromatic heterocycles. The third-order valence-electron chi connectivity index (χ3n) is 4.25. The molecule has 8 nitrogen and oxygen atoms in total. The smallest absolute Gasteiger partial charge is 0.475 e.